The smallest absolute Gasteiger partial charge is 0.271 e. The zero-order valence-corrected chi connectivity index (χ0v) is 18.2. The maximum Gasteiger partial charge on any atom is 0.271 e. The molecule has 0 saturated carbocycles. The summed E-state index contributed by atoms with van der Waals surface area (Å²) in [4.78, 5) is 30.3. The van der Waals surface area contributed by atoms with E-state index in [1.807, 2.05) is 18.2 Å². The van der Waals surface area contributed by atoms with Gasteiger partial charge in [0.1, 0.15) is 17.2 Å². The van der Waals surface area contributed by atoms with Crippen LogP contribution in [0.15, 0.2) is 56.4 Å². The molecule has 4 rings (SSSR count). The van der Waals surface area contributed by atoms with E-state index in [0.29, 0.717) is 16.7 Å². The summed E-state index contributed by atoms with van der Waals surface area (Å²) in [6.07, 6.45) is 3.13. The molecule has 31 heavy (non-hydrogen) atoms. The number of carbonyl (C=O) groups excluding carboxylic acids is 1. The van der Waals surface area contributed by atoms with E-state index in [9.17, 15) is 20.0 Å². The number of rotatable bonds is 4. The summed E-state index contributed by atoms with van der Waals surface area (Å²) < 4.78 is 7.60. The highest BCUT2D eigenvalue weighted by Gasteiger charge is 2.28. The number of carbonyl (C=O) groups is 1. The monoisotopic (exact) mass is 477 g/mol. The second-order valence-electron chi connectivity index (χ2n) is 7.09. The summed E-state index contributed by atoms with van der Waals surface area (Å²) in [7, 11) is 0. The third kappa shape index (κ3) is 3.43. The topological polar surface area (TPSA) is 109 Å². The molecule has 3 heterocycles. The summed E-state index contributed by atoms with van der Waals surface area (Å²) in [6, 6.07) is 10.7. The van der Waals surface area contributed by atoms with Crippen molar-refractivity contribution in [3.8, 4) is 11.9 Å². The van der Waals surface area contributed by atoms with Crippen LogP contribution in [0.5, 0.6) is 5.88 Å². The van der Waals surface area contributed by atoms with Gasteiger partial charge >= 0.3 is 0 Å². The molecule has 0 saturated heterocycles. The molecule has 7 nitrogen and oxygen atoms in total. The van der Waals surface area contributed by atoms with Gasteiger partial charge in [0, 0.05) is 27.8 Å². The fraction of sp³-hybridized carbons (Fsp3) is 0.130. The molecule has 154 valence electrons. The molecule has 0 aliphatic heterocycles. The van der Waals surface area contributed by atoms with Crippen LogP contribution >= 0.6 is 15.9 Å². The van der Waals surface area contributed by atoms with Gasteiger partial charge in [0.2, 0.25) is 11.7 Å². The third-order valence-corrected chi connectivity index (χ3v) is 5.69. The highest BCUT2D eigenvalue weighted by Crippen LogP contribution is 2.32. The summed E-state index contributed by atoms with van der Waals surface area (Å²) in [5, 5.41) is 21.3. The van der Waals surface area contributed by atoms with Gasteiger partial charge in [0.15, 0.2) is 5.76 Å². The number of ketones is 1. The minimum Gasteiger partial charge on any atom is -0.494 e. The van der Waals surface area contributed by atoms with Gasteiger partial charge < -0.3 is 9.52 Å². The highest BCUT2D eigenvalue weighted by molar-refractivity contribution is 9.10. The van der Waals surface area contributed by atoms with Crippen LogP contribution in [0.3, 0.4) is 0 Å². The molecule has 1 aromatic carbocycles. The molecule has 1 N–H and O–H groups in total. The van der Waals surface area contributed by atoms with Crippen molar-refractivity contribution in [3.63, 3.8) is 0 Å². The van der Waals surface area contributed by atoms with E-state index in [0.717, 1.165) is 14.4 Å². The first-order valence-corrected chi connectivity index (χ1v) is 10.1. The molecule has 0 aliphatic carbocycles. The fourth-order valence-electron chi connectivity index (χ4n) is 3.57. The molecule has 0 radical (unpaired) electrons. The SMILES string of the molecule is Cc1c(C(=O)c2oc3cc(Br)ccc3c2C)c(O)n(Cc2cccnc2)c(=O)c1C#N. The van der Waals surface area contributed by atoms with Crippen molar-refractivity contribution in [2.75, 3.05) is 0 Å². The Balaban J connectivity index is 1.93. The second-order valence-corrected chi connectivity index (χ2v) is 8.00. The number of nitrogens with zero attached hydrogens (tertiary/aromatic N) is 3. The van der Waals surface area contributed by atoms with E-state index in [2.05, 4.69) is 20.9 Å². The Bertz CT molecular complexity index is 1450. The Morgan fingerprint density at radius 1 is 1.29 bits per heavy atom. The van der Waals surface area contributed by atoms with E-state index in [4.69, 9.17) is 4.42 Å². The molecule has 0 fully saturated rings. The Labute approximate surface area is 185 Å². The van der Waals surface area contributed by atoms with Crippen LogP contribution in [-0.2, 0) is 6.54 Å². The van der Waals surface area contributed by atoms with E-state index in [1.165, 1.54) is 6.92 Å². The summed E-state index contributed by atoms with van der Waals surface area (Å²) in [5.41, 5.74) is 0.839. The molecular formula is C23H16BrN3O4. The van der Waals surface area contributed by atoms with Crippen molar-refractivity contribution in [2.45, 2.75) is 20.4 Å². The third-order valence-electron chi connectivity index (χ3n) is 5.20. The second kappa shape index (κ2) is 7.85. The van der Waals surface area contributed by atoms with Crippen LogP contribution in [-0.4, -0.2) is 20.4 Å². The Morgan fingerprint density at radius 3 is 2.74 bits per heavy atom. The Morgan fingerprint density at radius 2 is 2.06 bits per heavy atom. The lowest BCUT2D eigenvalue weighted by atomic mass is 9.98. The number of aromatic nitrogens is 2. The lowest BCUT2D eigenvalue weighted by Gasteiger charge is -2.15. The van der Waals surface area contributed by atoms with Gasteiger partial charge in [-0.05, 0) is 49.2 Å². The first-order valence-electron chi connectivity index (χ1n) is 9.32. The van der Waals surface area contributed by atoms with Crippen molar-refractivity contribution in [3.05, 3.63) is 91.1 Å². The van der Waals surface area contributed by atoms with E-state index >= 15 is 0 Å². The van der Waals surface area contributed by atoms with E-state index < -0.39 is 17.2 Å². The Hall–Kier alpha value is -3.70. The molecule has 0 bridgehead atoms. The number of pyridine rings is 2. The van der Waals surface area contributed by atoms with Crippen LogP contribution in [0.4, 0.5) is 0 Å². The zero-order chi connectivity index (χ0) is 22.3. The van der Waals surface area contributed by atoms with Crippen molar-refractivity contribution in [1.29, 1.82) is 5.26 Å². The summed E-state index contributed by atoms with van der Waals surface area (Å²) >= 11 is 3.38. The highest BCUT2D eigenvalue weighted by atomic mass is 79.9. The fourth-order valence-corrected chi connectivity index (χ4v) is 3.91. The average Bonchev–Trinajstić information content (AvgIpc) is 3.08. The lowest BCUT2D eigenvalue weighted by molar-refractivity contribution is 0.101. The molecule has 0 aliphatic rings. The molecule has 3 aromatic heterocycles. The minimum absolute atomic E-state index is 0.0419. The van der Waals surface area contributed by atoms with Crippen LogP contribution in [0.1, 0.15) is 38.4 Å². The number of furan rings is 1. The molecular weight excluding hydrogens is 462 g/mol. The van der Waals surface area contributed by atoms with Gasteiger partial charge in [0.25, 0.3) is 5.56 Å². The van der Waals surface area contributed by atoms with Crippen molar-refractivity contribution in [2.24, 2.45) is 0 Å². The molecule has 8 heteroatoms. The lowest BCUT2D eigenvalue weighted by Crippen LogP contribution is -2.27. The van der Waals surface area contributed by atoms with E-state index in [1.54, 1.807) is 37.5 Å². The van der Waals surface area contributed by atoms with Crippen LogP contribution in [0.25, 0.3) is 11.0 Å². The first-order chi connectivity index (χ1) is 14.8. The van der Waals surface area contributed by atoms with Crippen molar-refractivity contribution < 1.29 is 14.3 Å². The Kier molecular flexibility index (Phi) is 5.21. The van der Waals surface area contributed by atoms with Gasteiger partial charge in [-0.3, -0.25) is 19.1 Å². The largest absolute Gasteiger partial charge is 0.494 e. The van der Waals surface area contributed by atoms with Crippen LogP contribution < -0.4 is 5.56 Å². The minimum atomic E-state index is -0.678. The van der Waals surface area contributed by atoms with Gasteiger partial charge in [-0.2, -0.15) is 5.26 Å². The number of aromatic hydroxyl groups is 1. The van der Waals surface area contributed by atoms with Crippen LogP contribution in [0, 0.1) is 25.2 Å². The predicted molar refractivity (Wildman–Crippen MR) is 117 cm³/mol. The number of benzene rings is 1. The van der Waals surface area contributed by atoms with Crippen molar-refractivity contribution >= 4 is 32.7 Å². The average molecular weight is 478 g/mol. The predicted octanol–water partition coefficient (Wildman–Crippen LogP) is 4.23. The quantitative estimate of drug-likeness (QED) is 0.440. The molecule has 4 aromatic rings. The number of fused-ring (bicyclic) bond motifs is 1. The maximum absolute atomic E-state index is 13.4. The van der Waals surface area contributed by atoms with Gasteiger partial charge in [-0.15, -0.1) is 0 Å². The van der Waals surface area contributed by atoms with Gasteiger partial charge in [-0.25, -0.2) is 0 Å². The van der Waals surface area contributed by atoms with Crippen LogP contribution in [0.2, 0.25) is 0 Å². The normalized spacial score (nSPS) is 10.9. The molecule has 0 amide bonds. The van der Waals surface area contributed by atoms with Crippen molar-refractivity contribution in [1.82, 2.24) is 9.55 Å². The number of aryl methyl sites for hydroxylation is 1. The zero-order valence-electron chi connectivity index (χ0n) is 16.6. The number of halogens is 1. The molecule has 0 spiro atoms. The number of nitriles is 1. The summed E-state index contributed by atoms with van der Waals surface area (Å²) in [5.74, 6) is -1.07. The van der Waals surface area contributed by atoms with E-state index in [-0.39, 0.29) is 29.0 Å². The maximum atomic E-state index is 13.4. The van der Waals surface area contributed by atoms with Gasteiger partial charge in [0.05, 0.1) is 12.1 Å². The first kappa shape index (κ1) is 20.6. The van der Waals surface area contributed by atoms with Gasteiger partial charge in [-0.1, -0.05) is 22.0 Å². The summed E-state index contributed by atoms with van der Waals surface area (Å²) in [6.45, 7) is 3.17. The number of hydrogen-bond donors (Lipinski definition) is 1. The standard InChI is InChI=1S/C23H16BrN3O4/c1-12-17(9-25)22(29)27(11-14-4-3-7-26-10-14)23(30)19(12)20(28)21-13(2)16-6-5-15(24)8-18(16)31-21/h3-8,10,30H,11H2,1-2H3. The molecule has 0 unspecified atom stereocenters. The number of hydrogen-bond acceptors (Lipinski definition) is 6. The molecule has 0 atom stereocenters.